The van der Waals surface area contributed by atoms with Gasteiger partial charge < -0.3 is 15.0 Å². The summed E-state index contributed by atoms with van der Waals surface area (Å²) in [5.74, 6) is -0.540. The van der Waals surface area contributed by atoms with Crippen molar-refractivity contribution in [3.63, 3.8) is 0 Å². The van der Waals surface area contributed by atoms with Gasteiger partial charge in [0.1, 0.15) is 11.9 Å². The van der Waals surface area contributed by atoms with Gasteiger partial charge in [-0.25, -0.2) is 4.39 Å². The van der Waals surface area contributed by atoms with Crippen LogP contribution in [0.4, 0.5) is 10.1 Å². The quantitative estimate of drug-likeness (QED) is 0.872. The summed E-state index contributed by atoms with van der Waals surface area (Å²) in [4.78, 5) is 27.2. The fourth-order valence-corrected chi connectivity index (χ4v) is 3.94. The van der Waals surface area contributed by atoms with Crippen molar-refractivity contribution in [2.45, 2.75) is 37.8 Å². The molecular weight excluding hydrogens is 359 g/mol. The Morgan fingerprint density at radius 2 is 1.89 bits per heavy atom. The van der Waals surface area contributed by atoms with Crippen LogP contribution in [0.2, 0.25) is 0 Å². The van der Waals surface area contributed by atoms with E-state index in [-0.39, 0.29) is 23.7 Å². The summed E-state index contributed by atoms with van der Waals surface area (Å²) >= 11 is 0. The number of likely N-dealkylation sites (tertiary alicyclic amines) is 1. The Morgan fingerprint density at radius 3 is 2.64 bits per heavy atom. The molecule has 2 amide bonds. The topological polar surface area (TPSA) is 58.6 Å². The molecule has 2 aliphatic rings. The fourth-order valence-electron chi connectivity index (χ4n) is 3.94. The van der Waals surface area contributed by atoms with Gasteiger partial charge in [-0.15, -0.1) is 0 Å². The fraction of sp³-hybridized carbons (Fsp3) is 0.364. The van der Waals surface area contributed by atoms with Crippen molar-refractivity contribution < 1.29 is 18.7 Å². The molecule has 2 fully saturated rings. The summed E-state index contributed by atoms with van der Waals surface area (Å²) in [5, 5.41) is 2.84. The number of benzene rings is 2. The first kappa shape index (κ1) is 18.6. The first-order valence-corrected chi connectivity index (χ1v) is 9.71. The molecule has 0 spiro atoms. The molecule has 2 unspecified atom stereocenters. The van der Waals surface area contributed by atoms with Crippen LogP contribution in [0, 0.1) is 5.82 Å². The van der Waals surface area contributed by atoms with Crippen molar-refractivity contribution in [3.8, 4) is 0 Å². The second-order valence-electron chi connectivity index (χ2n) is 7.28. The molecule has 0 aliphatic carbocycles. The third-order valence-corrected chi connectivity index (χ3v) is 5.37. The average molecular weight is 382 g/mol. The standard InChI is InChI=1S/C22H23FN2O3/c23-17-10-8-15(9-11-17)19-6-2-12-25(19)22(27)16-4-1-5-18(14-16)24-21(26)20-7-3-13-28-20/h1,4-5,8-11,14,19-20H,2-3,6-7,12-13H2,(H,24,26). The highest BCUT2D eigenvalue weighted by Gasteiger charge is 2.31. The van der Waals surface area contributed by atoms with Crippen LogP contribution in [-0.2, 0) is 9.53 Å². The third-order valence-electron chi connectivity index (χ3n) is 5.37. The lowest BCUT2D eigenvalue weighted by molar-refractivity contribution is -0.124. The first-order chi connectivity index (χ1) is 13.6. The van der Waals surface area contributed by atoms with Crippen LogP contribution in [-0.4, -0.2) is 36.0 Å². The molecule has 1 N–H and O–H groups in total. The van der Waals surface area contributed by atoms with Gasteiger partial charge in [-0.2, -0.15) is 0 Å². The van der Waals surface area contributed by atoms with E-state index < -0.39 is 6.10 Å². The van der Waals surface area contributed by atoms with E-state index in [1.54, 1.807) is 36.4 Å². The van der Waals surface area contributed by atoms with E-state index in [0.29, 0.717) is 24.4 Å². The van der Waals surface area contributed by atoms with E-state index >= 15 is 0 Å². The van der Waals surface area contributed by atoms with Gasteiger partial charge in [0.15, 0.2) is 0 Å². The van der Waals surface area contributed by atoms with Crippen LogP contribution in [0.15, 0.2) is 48.5 Å². The normalized spacial score (nSPS) is 21.7. The van der Waals surface area contributed by atoms with E-state index in [9.17, 15) is 14.0 Å². The molecule has 0 saturated carbocycles. The second kappa shape index (κ2) is 8.10. The Morgan fingerprint density at radius 1 is 1.07 bits per heavy atom. The summed E-state index contributed by atoms with van der Waals surface area (Å²) < 4.78 is 18.6. The zero-order chi connectivity index (χ0) is 19.5. The van der Waals surface area contributed by atoms with E-state index in [1.165, 1.54) is 12.1 Å². The highest BCUT2D eigenvalue weighted by Crippen LogP contribution is 2.33. The Hall–Kier alpha value is -2.73. The van der Waals surface area contributed by atoms with Crippen molar-refractivity contribution in [2.75, 3.05) is 18.5 Å². The maximum Gasteiger partial charge on any atom is 0.254 e. The molecule has 0 aromatic heterocycles. The van der Waals surface area contributed by atoms with Gasteiger partial charge in [0.25, 0.3) is 11.8 Å². The van der Waals surface area contributed by atoms with Gasteiger partial charge in [-0.3, -0.25) is 9.59 Å². The Labute approximate surface area is 163 Å². The third kappa shape index (κ3) is 3.92. The minimum absolute atomic E-state index is 0.0572. The van der Waals surface area contributed by atoms with E-state index in [1.807, 2.05) is 4.90 Å². The number of hydrogen-bond acceptors (Lipinski definition) is 3. The average Bonchev–Trinajstić information content (AvgIpc) is 3.40. The van der Waals surface area contributed by atoms with Crippen molar-refractivity contribution in [3.05, 3.63) is 65.5 Å². The van der Waals surface area contributed by atoms with E-state index in [4.69, 9.17) is 4.74 Å². The van der Waals surface area contributed by atoms with Gasteiger partial charge in [-0.1, -0.05) is 18.2 Å². The first-order valence-electron chi connectivity index (χ1n) is 9.71. The molecule has 6 heteroatoms. The lowest BCUT2D eigenvalue weighted by atomic mass is 10.0. The molecule has 2 atom stereocenters. The summed E-state index contributed by atoms with van der Waals surface area (Å²) in [6.45, 7) is 1.27. The largest absolute Gasteiger partial charge is 0.368 e. The number of rotatable bonds is 4. The number of nitrogens with one attached hydrogen (secondary N) is 1. The Kier molecular flexibility index (Phi) is 5.39. The molecule has 2 heterocycles. The minimum atomic E-state index is -0.416. The predicted octanol–water partition coefficient (Wildman–Crippen LogP) is 3.92. The number of carbonyl (C=O) groups is 2. The molecule has 0 bridgehead atoms. The number of halogens is 1. The minimum Gasteiger partial charge on any atom is -0.368 e. The van der Waals surface area contributed by atoms with Crippen LogP contribution in [0.25, 0.3) is 0 Å². The molecule has 0 radical (unpaired) electrons. The van der Waals surface area contributed by atoms with E-state index in [0.717, 1.165) is 31.2 Å². The molecule has 5 nitrogen and oxygen atoms in total. The van der Waals surface area contributed by atoms with Crippen molar-refractivity contribution >= 4 is 17.5 Å². The lowest BCUT2D eigenvalue weighted by Crippen LogP contribution is -2.31. The summed E-state index contributed by atoms with van der Waals surface area (Å²) in [6.07, 6.45) is 2.95. The van der Waals surface area contributed by atoms with Crippen LogP contribution < -0.4 is 5.32 Å². The van der Waals surface area contributed by atoms with Gasteiger partial charge in [0.2, 0.25) is 0 Å². The maximum atomic E-state index is 13.2. The summed E-state index contributed by atoms with van der Waals surface area (Å²) in [6, 6.07) is 13.3. The molecule has 28 heavy (non-hydrogen) atoms. The van der Waals surface area contributed by atoms with Crippen molar-refractivity contribution in [1.29, 1.82) is 0 Å². The number of nitrogens with zero attached hydrogens (tertiary/aromatic N) is 1. The Balaban J connectivity index is 1.49. The smallest absolute Gasteiger partial charge is 0.254 e. The maximum absolute atomic E-state index is 13.2. The molecule has 146 valence electrons. The predicted molar refractivity (Wildman–Crippen MR) is 103 cm³/mol. The molecule has 4 rings (SSSR count). The summed E-state index contributed by atoms with van der Waals surface area (Å²) in [7, 11) is 0. The van der Waals surface area contributed by atoms with Crippen LogP contribution in [0.3, 0.4) is 0 Å². The number of anilines is 1. The lowest BCUT2D eigenvalue weighted by Gasteiger charge is -2.25. The van der Waals surface area contributed by atoms with Crippen LogP contribution in [0.1, 0.15) is 47.6 Å². The van der Waals surface area contributed by atoms with Crippen LogP contribution in [0.5, 0.6) is 0 Å². The van der Waals surface area contributed by atoms with Gasteiger partial charge in [0, 0.05) is 24.4 Å². The van der Waals surface area contributed by atoms with Gasteiger partial charge >= 0.3 is 0 Å². The van der Waals surface area contributed by atoms with Crippen LogP contribution >= 0.6 is 0 Å². The van der Waals surface area contributed by atoms with Gasteiger partial charge in [0.05, 0.1) is 6.04 Å². The molecule has 2 aromatic carbocycles. The number of carbonyl (C=O) groups excluding carboxylic acids is 2. The number of ether oxygens (including phenoxy) is 1. The molecule has 2 aliphatic heterocycles. The monoisotopic (exact) mass is 382 g/mol. The molecule has 2 saturated heterocycles. The van der Waals surface area contributed by atoms with Crippen molar-refractivity contribution in [1.82, 2.24) is 4.90 Å². The highest BCUT2D eigenvalue weighted by molar-refractivity contribution is 5.98. The SMILES string of the molecule is O=C(Nc1cccc(C(=O)N2CCCC2c2ccc(F)cc2)c1)C1CCCO1. The Bertz CT molecular complexity index is 862. The zero-order valence-electron chi connectivity index (χ0n) is 15.6. The number of hydrogen-bond donors (Lipinski definition) is 1. The van der Waals surface area contributed by atoms with Gasteiger partial charge in [-0.05, 0) is 61.6 Å². The van der Waals surface area contributed by atoms with Crippen molar-refractivity contribution in [2.24, 2.45) is 0 Å². The zero-order valence-corrected chi connectivity index (χ0v) is 15.6. The molecular formula is C22H23FN2O3. The second-order valence-corrected chi connectivity index (χ2v) is 7.28. The highest BCUT2D eigenvalue weighted by atomic mass is 19.1. The van der Waals surface area contributed by atoms with E-state index in [2.05, 4.69) is 5.32 Å². The summed E-state index contributed by atoms with van der Waals surface area (Å²) in [5.41, 5.74) is 2.05. The molecule has 2 aromatic rings. The number of amides is 2.